The molecule has 0 atom stereocenters. The molecule has 0 aliphatic rings. The van der Waals surface area contributed by atoms with Crippen molar-refractivity contribution in [1.82, 2.24) is 0 Å². The Morgan fingerprint density at radius 3 is 2.31 bits per heavy atom. The fraction of sp³-hybridized carbons (Fsp3) is 0. The predicted octanol–water partition coefficient (Wildman–Crippen LogP) is 3.77. The summed E-state index contributed by atoms with van der Waals surface area (Å²) >= 11 is 5.77. The van der Waals surface area contributed by atoms with E-state index in [0.29, 0.717) is 10.4 Å². The lowest BCUT2D eigenvalue weighted by Crippen LogP contribution is -1.84. The molecular formula is C10H5ClF2. The van der Waals surface area contributed by atoms with Gasteiger partial charge in [0.25, 0.3) is 0 Å². The average molecular weight is 199 g/mol. The van der Waals surface area contributed by atoms with E-state index in [1.165, 1.54) is 18.2 Å². The van der Waals surface area contributed by atoms with Crippen LogP contribution in [0.15, 0.2) is 30.3 Å². The van der Waals surface area contributed by atoms with Crippen LogP contribution < -0.4 is 0 Å². The molecule has 2 aromatic rings. The first-order chi connectivity index (χ1) is 6.20. The quantitative estimate of drug-likeness (QED) is 0.605. The summed E-state index contributed by atoms with van der Waals surface area (Å²) in [4.78, 5) is 0. The van der Waals surface area contributed by atoms with Gasteiger partial charge in [-0.1, -0.05) is 23.7 Å². The number of hydrogen-bond donors (Lipinski definition) is 0. The van der Waals surface area contributed by atoms with Gasteiger partial charge in [-0.25, -0.2) is 8.78 Å². The second-order valence-electron chi connectivity index (χ2n) is 2.69. The van der Waals surface area contributed by atoms with E-state index in [-0.39, 0.29) is 5.39 Å². The van der Waals surface area contributed by atoms with Crippen molar-refractivity contribution in [3.05, 3.63) is 47.0 Å². The zero-order valence-corrected chi connectivity index (χ0v) is 7.28. The molecule has 0 nitrogen and oxygen atoms in total. The van der Waals surface area contributed by atoms with Crippen LogP contribution in [0.5, 0.6) is 0 Å². The predicted molar refractivity (Wildman–Crippen MR) is 48.9 cm³/mol. The first-order valence-corrected chi connectivity index (χ1v) is 4.10. The van der Waals surface area contributed by atoms with E-state index in [0.717, 1.165) is 6.07 Å². The number of halogens is 3. The fourth-order valence-corrected chi connectivity index (χ4v) is 1.51. The Balaban J connectivity index is 3.00. The van der Waals surface area contributed by atoms with Crippen LogP contribution in [0, 0.1) is 11.6 Å². The van der Waals surface area contributed by atoms with Crippen LogP contribution >= 0.6 is 11.6 Å². The molecule has 0 aromatic heterocycles. The van der Waals surface area contributed by atoms with E-state index >= 15 is 0 Å². The molecule has 2 aromatic carbocycles. The fourth-order valence-electron chi connectivity index (χ4n) is 1.29. The summed E-state index contributed by atoms with van der Waals surface area (Å²) < 4.78 is 26.3. The molecule has 0 heterocycles. The third-order valence-corrected chi connectivity index (χ3v) is 2.22. The zero-order valence-electron chi connectivity index (χ0n) is 6.52. The lowest BCUT2D eigenvalue weighted by atomic mass is 10.1. The van der Waals surface area contributed by atoms with Gasteiger partial charge in [0.2, 0.25) is 0 Å². The number of hydrogen-bond acceptors (Lipinski definition) is 0. The summed E-state index contributed by atoms with van der Waals surface area (Å²) in [5.74, 6) is -1.17. The molecule has 2 rings (SSSR count). The Morgan fingerprint density at radius 1 is 0.923 bits per heavy atom. The molecule has 0 spiro atoms. The van der Waals surface area contributed by atoms with Crippen molar-refractivity contribution < 1.29 is 8.78 Å². The molecule has 0 aliphatic heterocycles. The minimum atomic E-state index is -0.586. The number of rotatable bonds is 0. The average Bonchev–Trinajstić information content (AvgIpc) is 2.12. The maximum absolute atomic E-state index is 13.1. The van der Waals surface area contributed by atoms with Crippen LogP contribution in [0.4, 0.5) is 8.78 Å². The molecule has 0 amide bonds. The Morgan fingerprint density at radius 2 is 1.62 bits per heavy atom. The minimum Gasteiger partial charge on any atom is -0.206 e. The summed E-state index contributed by atoms with van der Waals surface area (Å²) in [6.45, 7) is 0. The molecule has 0 radical (unpaired) electrons. The Hall–Kier alpha value is -1.15. The van der Waals surface area contributed by atoms with E-state index in [1.54, 1.807) is 6.07 Å². The van der Waals surface area contributed by atoms with E-state index < -0.39 is 11.6 Å². The summed E-state index contributed by atoms with van der Waals surface area (Å²) in [5, 5.41) is 0.715. The number of fused-ring (bicyclic) bond motifs is 1. The van der Waals surface area contributed by atoms with Gasteiger partial charge in [0.05, 0.1) is 5.39 Å². The Bertz CT molecular complexity index is 457. The highest BCUT2D eigenvalue weighted by atomic mass is 35.5. The standard InChI is InChI=1S/C10H5ClF2/c11-7-4-5-9(13)10-6(7)2-1-3-8(10)12/h1-5H. The van der Waals surface area contributed by atoms with Crippen molar-refractivity contribution >= 4 is 22.4 Å². The van der Waals surface area contributed by atoms with Gasteiger partial charge in [-0.3, -0.25) is 0 Å². The molecule has 0 saturated heterocycles. The van der Waals surface area contributed by atoms with Crippen LogP contribution in [0.25, 0.3) is 10.8 Å². The second kappa shape index (κ2) is 2.96. The summed E-state index contributed by atoms with van der Waals surface area (Å²) in [7, 11) is 0. The van der Waals surface area contributed by atoms with Crippen LogP contribution in [0.1, 0.15) is 0 Å². The molecule has 0 fully saturated rings. The van der Waals surface area contributed by atoms with E-state index in [4.69, 9.17) is 11.6 Å². The topological polar surface area (TPSA) is 0 Å². The van der Waals surface area contributed by atoms with Gasteiger partial charge < -0.3 is 0 Å². The van der Waals surface area contributed by atoms with E-state index in [2.05, 4.69) is 0 Å². The highest BCUT2D eigenvalue weighted by molar-refractivity contribution is 6.35. The van der Waals surface area contributed by atoms with E-state index in [1.807, 2.05) is 0 Å². The van der Waals surface area contributed by atoms with Gasteiger partial charge in [-0.15, -0.1) is 0 Å². The molecule has 66 valence electrons. The smallest absolute Gasteiger partial charge is 0.134 e. The summed E-state index contributed by atoms with van der Waals surface area (Å²) in [6, 6.07) is 6.88. The molecular weight excluding hydrogens is 194 g/mol. The molecule has 0 bridgehead atoms. The molecule has 0 aliphatic carbocycles. The van der Waals surface area contributed by atoms with Gasteiger partial charge in [-0.05, 0) is 18.2 Å². The summed E-state index contributed by atoms with van der Waals surface area (Å²) in [6.07, 6.45) is 0. The van der Waals surface area contributed by atoms with Crippen molar-refractivity contribution in [3.8, 4) is 0 Å². The van der Waals surface area contributed by atoms with Crippen LogP contribution in [0.2, 0.25) is 5.02 Å². The van der Waals surface area contributed by atoms with Crippen LogP contribution in [0.3, 0.4) is 0 Å². The monoisotopic (exact) mass is 198 g/mol. The maximum atomic E-state index is 13.1. The van der Waals surface area contributed by atoms with Crippen molar-refractivity contribution in [3.63, 3.8) is 0 Å². The van der Waals surface area contributed by atoms with Gasteiger partial charge in [0.1, 0.15) is 11.6 Å². The first-order valence-electron chi connectivity index (χ1n) is 3.72. The normalized spacial score (nSPS) is 10.7. The van der Waals surface area contributed by atoms with Crippen molar-refractivity contribution in [2.45, 2.75) is 0 Å². The van der Waals surface area contributed by atoms with Crippen molar-refractivity contribution in [2.24, 2.45) is 0 Å². The molecule has 13 heavy (non-hydrogen) atoms. The molecule has 3 heteroatoms. The molecule has 0 N–H and O–H groups in total. The zero-order chi connectivity index (χ0) is 9.42. The third-order valence-electron chi connectivity index (χ3n) is 1.89. The SMILES string of the molecule is Fc1cccc2c(Cl)ccc(F)c12. The lowest BCUT2D eigenvalue weighted by molar-refractivity contribution is 0.608. The van der Waals surface area contributed by atoms with Gasteiger partial charge in [-0.2, -0.15) is 0 Å². The first kappa shape index (κ1) is 8.45. The third kappa shape index (κ3) is 1.27. The van der Waals surface area contributed by atoms with Crippen molar-refractivity contribution in [1.29, 1.82) is 0 Å². The second-order valence-corrected chi connectivity index (χ2v) is 3.10. The van der Waals surface area contributed by atoms with Crippen LogP contribution in [-0.2, 0) is 0 Å². The van der Waals surface area contributed by atoms with Crippen LogP contribution in [-0.4, -0.2) is 0 Å². The molecule has 0 unspecified atom stereocenters. The Kier molecular flexibility index (Phi) is 1.93. The number of benzene rings is 2. The summed E-state index contributed by atoms with van der Waals surface area (Å²) in [5.41, 5.74) is 0. The highest BCUT2D eigenvalue weighted by Crippen LogP contribution is 2.27. The van der Waals surface area contributed by atoms with E-state index in [9.17, 15) is 8.78 Å². The minimum absolute atomic E-state index is 0.0463. The maximum Gasteiger partial charge on any atom is 0.134 e. The van der Waals surface area contributed by atoms with Crippen molar-refractivity contribution in [2.75, 3.05) is 0 Å². The van der Waals surface area contributed by atoms with Gasteiger partial charge in [0, 0.05) is 10.4 Å². The molecule has 0 saturated carbocycles. The van der Waals surface area contributed by atoms with Gasteiger partial charge in [0.15, 0.2) is 0 Å². The largest absolute Gasteiger partial charge is 0.206 e. The highest BCUT2D eigenvalue weighted by Gasteiger charge is 2.07. The lowest BCUT2D eigenvalue weighted by Gasteiger charge is -2.01. The Labute approximate surface area is 78.7 Å². The van der Waals surface area contributed by atoms with Gasteiger partial charge >= 0.3 is 0 Å².